The molecule has 1 aliphatic rings. The quantitative estimate of drug-likeness (QED) is 0.174. The Hall–Kier alpha value is -4.28. The lowest BCUT2D eigenvalue weighted by Crippen LogP contribution is -2.44. The van der Waals surface area contributed by atoms with Crippen molar-refractivity contribution in [3.05, 3.63) is 141 Å². The molecule has 2 heterocycles. The Labute approximate surface area is 274 Å². The maximum atomic E-state index is 14.0. The highest BCUT2D eigenvalue weighted by atomic mass is 19.1. The van der Waals surface area contributed by atoms with Crippen LogP contribution in [0.2, 0.25) is 0 Å². The van der Waals surface area contributed by atoms with Crippen molar-refractivity contribution < 1.29 is 4.39 Å². The maximum absolute atomic E-state index is 14.0. The minimum absolute atomic E-state index is 0.196. The Morgan fingerprint density at radius 1 is 0.674 bits per heavy atom. The summed E-state index contributed by atoms with van der Waals surface area (Å²) in [4.78, 5) is 9.77. The van der Waals surface area contributed by atoms with Gasteiger partial charge in [0.25, 0.3) is 0 Å². The molecule has 0 radical (unpaired) electrons. The van der Waals surface area contributed by atoms with Crippen molar-refractivity contribution in [2.75, 3.05) is 18.0 Å². The maximum Gasteiger partial charge on any atom is 0.123 e. The Kier molecular flexibility index (Phi) is 9.37. The first kappa shape index (κ1) is 31.7. The van der Waals surface area contributed by atoms with E-state index in [-0.39, 0.29) is 5.82 Å². The lowest BCUT2D eigenvalue weighted by atomic mass is 9.95. The summed E-state index contributed by atoms with van der Waals surface area (Å²) in [5, 5.41) is 0. The number of piperidine rings is 1. The fraction of sp³-hybridized carbons (Fsp3) is 0.310. The summed E-state index contributed by atoms with van der Waals surface area (Å²) in [6.07, 6.45) is 4.06. The number of aromatic nitrogens is 1. The molecular weight excluding hydrogens is 565 g/mol. The summed E-state index contributed by atoms with van der Waals surface area (Å²) >= 11 is 0. The monoisotopic (exact) mass is 611 g/mol. The standard InChI is InChI=1S/C42H46FN3/c1-28-20-37(21-29(2)32(28)5)36-9-7-8-34(24-36)27-46(40-12-10-39(43)11-13-40)41-15-18-45(19-16-41)26-35-14-17-44-42(25-35)38-22-30(3)33(6)31(4)23-38/h7-14,17,20-25,41H,15-16,18-19,26-27H2,1-6H3. The van der Waals surface area contributed by atoms with Gasteiger partial charge < -0.3 is 4.90 Å². The summed E-state index contributed by atoms with van der Waals surface area (Å²) in [5.41, 5.74) is 16.3. The van der Waals surface area contributed by atoms with E-state index in [0.717, 1.165) is 50.4 Å². The number of aryl methyl sites for hydroxylation is 4. The molecule has 5 aromatic rings. The van der Waals surface area contributed by atoms with Crippen LogP contribution in [-0.4, -0.2) is 29.0 Å². The van der Waals surface area contributed by atoms with E-state index in [1.165, 1.54) is 61.2 Å². The SMILES string of the molecule is Cc1cc(-c2cccc(CN(c3ccc(F)cc3)C3CCN(Cc4ccnc(-c5cc(C)c(C)c(C)c5)c4)CC3)c2)cc(C)c1C. The second-order valence-corrected chi connectivity index (χ2v) is 13.3. The van der Waals surface area contributed by atoms with Crippen molar-refractivity contribution in [2.24, 2.45) is 0 Å². The van der Waals surface area contributed by atoms with Gasteiger partial charge in [0, 0.05) is 49.7 Å². The third kappa shape index (κ3) is 7.08. The van der Waals surface area contributed by atoms with Gasteiger partial charge in [-0.3, -0.25) is 9.88 Å². The molecule has 0 saturated carbocycles. The van der Waals surface area contributed by atoms with Gasteiger partial charge in [-0.1, -0.05) is 30.3 Å². The van der Waals surface area contributed by atoms with Crippen molar-refractivity contribution in [3.8, 4) is 22.4 Å². The molecule has 46 heavy (non-hydrogen) atoms. The number of benzene rings is 4. The van der Waals surface area contributed by atoms with Crippen LogP contribution in [-0.2, 0) is 13.1 Å². The molecule has 0 atom stereocenters. The van der Waals surface area contributed by atoms with Gasteiger partial charge in [-0.05, 0) is 165 Å². The number of halogens is 1. The minimum Gasteiger partial charge on any atom is -0.364 e. The van der Waals surface area contributed by atoms with Crippen molar-refractivity contribution >= 4 is 5.69 Å². The fourth-order valence-electron chi connectivity index (χ4n) is 6.87. The van der Waals surface area contributed by atoms with Gasteiger partial charge in [-0.15, -0.1) is 0 Å². The zero-order valence-corrected chi connectivity index (χ0v) is 28.2. The van der Waals surface area contributed by atoms with Crippen LogP contribution in [0.25, 0.3) is 22.4 Å². The van der Waals surface area contributed by atoms with Gasteiger partial charge in [0.2, 0.25) is 0 Å². The highest BCUT2D eigenvalue weighted by Crippen LogP contribution is 2.30. The highest BCUT2D eigenvalue weighted by Gasteiger charge is 2.26. The third-order valence-corrected chi connectivity index (χ3v) is 10.1. The first-order valence-electron chi connectivity index (χ1n) is 16.6. The molecule has 3 nitrogen and oxygen atoms in total. The highest BCUT2D eigenvalue weighted by molar-refractivity contribution is 5.67. The van der Waals surface area contributed by atoms with Crippen molar-refractivity contribution in [1.29, 1.82) is 0 Å². The normalized spacial score (nSPS) is 14.1. The van der Waals surface area contributed by atoms with E-state index in [9.17, 15) is 4.39 Å². The van der Waals surface area contributed by atoms with E-state index in [4.69, 9.17) is 4.98 Å². The summed E-state index contributed by atoms with van der Waals surface area (Å²) in [6.45, 7) is 16.9. The zero-order chi connectivity index (χ0) is 32.4. The second kappa shape index (κ2) is 13.6. The van der Waals surface area contributed by atoms with E-state index in [1.54, 1.807) is 12.1 Å². The van der Waals surface area contributed by atoms with E-state index < -0.39 is 0 Å². The van der Waals surface area contributed by atoms with Crippen LogP contribution in [0.3, 0.4) is 0 Å². The number of hydrogen-bond acceptors (Lipinski definition) is 3. The van der Waals surface area contributed by atoms with Crippen LogP contribution in [0.4, 0.5) is 10.1 Å². The molecule has 0 bridgehead atoms. The zero-order valence-electron chi connectivity index (χ0n) is 28.2. The number of rotatable bonds is 8. The van der Waals surface area contributed by atoms with Crippen molar-refractivity contribution in [3.63, 3.8) is 0 Å². The van der Waals surface area contributed by atoms with E-state index in [0.29, 0.717) is 6.04 Å². The molecule has 0 N–H and O–H groups in total. The number of hydrogen-bond donors (Lipinski definition) is 0. The molecule has 6 rings (SSSR count). The summed E-state index contributed by atoms with van der Waals surface area (Å²) in [7, 11) is 0. The molecular formula is C42H46FN3. The number of pyridine rings is 1. The van der Waals surface area contributed by atoms with Crippen LogP contribution >= 0.6 is 0 Å². The van der Waals surface area contributed by atoms with Gasteiger partial charge in [0.15, 0.2) is 0 Å². The first-order valence-corrected chi connectivity index (χ1v) is 16.6. The largest absolute Gasteiger partial charge is 0.364 e. The molecule has 1 aromatic heterocycles. The Morgan fingerprint density at radius 2 is 1.28 bits per heavy atom. The van der Waals surface area contributed by atoms with Crippen LogP contribution in [0.1, 0.15) is 57.3 Å². The molecule has 4 aromatic carbocycles. The molecule has 1 aliphatic heterocycles. The topological polar surface area (TPSA) is 19.4 Å². The smallest absolute Gasteiger partial charge is 0.123 e. The van der Waals surface area contributed by atoms with Gasteiger partial charge in [0.05, 0.1) is 5.69 Å². The van der Waals surface area contributed by atoms with Crippen LogP contribution < -0.4 is 4.90 Å². The van der Waals surface area contributed by atoms with E-state index in [2.05, 4.69) is 112 Å². The Balaban J connectivity index is 1.17. The third-order valence-electron chi connectivity index (χ3n) is 10.1. The molecule has 4 heteroatoms. The molecule has 0 aliphatic carbocycles. The molecule has 1 saturated heterocycles. The van der Waals surface area contributed by atoms with Crippen LogP contribution in [0.15, 0.2) is 91.1 Å². The van der Waals surface area contributed by atoms with E-state index in [1.807, 2.05) is 18.3 Å². The van der Waals surface area contributed by atoms with Crippen LogP contribution in [0.5, 0.6) is 0 Å². The molecule has 0 spiro atoms. The predicted molar refractivity (Wildman–Crippen MR) is 191 cm³/mol. The average molecular weight is 612 g/mol. The fourth-order valence-corrected chi connectivity index (χ4v) is 6.87. The van der Waals surface area contributed by atoms with Gasteiger partial charge in [0.1, 0.15) is 5.82 Å². The summed E-state index contributed by atoms with van der Waals surface area (Å²) in [6, 6.07) is 29.8. The molecule has 236 valence electrons. The lowest BCUT2D eigenvalue weighted by Gasteiger charge is -2.40. The lowest BCUT2D eigenvalue weighted by molar-refractivity contribution is 0.201. The second-order valence-electron chi connectivity index (χ2n) is 13.3. The number of nitrogens with zero attached hydrogens (tertiary/aromatic N) is 3. The molecule has 0 unspecified atom stereocenters. The number of likely N-dealkylation sites (tertiary alicyclic amines) is 1. The first-order chi connectivity index (χ1) is 22.1. The van der Waals surface area contributed by atoms with Gasteiger partial charge >= 0.3 is 0 Å². The van der Waals surface area contributed by atoms with E-state index >= 15 is 0 Å². The molecule has 1 fully saturated rings. The Morgan fingerprint density at radius 3 is 1.91 bits per heavy atom. The predicted octanol–water partition coefficient (Wildman–Crippen LogP) is 10.1. The van der Waals surface area contributed by atoms with Crippen molar-refractivity contribution in [1.82, 2.24) is 9.88 Å². The summed E-state index contributed by atoms with van der Waals surface area (Å²) in [5.74, 6) is -0.196. The van der Waals surface area contributed by atoms with Crippen molar-refractivity contribution in [2.45, 2.75) is 73.5 Å². The average Bonchev–Trinajstić information content (AvgIpc) is 3.06. The van der Waals surface area contributed by atoms with Gasteiger partial charge in [-0.2, -0.15) is 0 Å². The Bertz CT molecular complexity index is 1790. The number of anilines is 1. The summed E-state index contributed by atoms with van der Waals surface area (Å²) < 4.78 is 14.0. The van der Waals surface area contributed by atoms with Crippen LogP contribution in [0, 0.1) is 47.4 Å². The minimum atomic E-state index is -0.196. The molecule has 0 amide bonds. The van der Waals surface area contributed by atoms with Gasteiger partial charge in [-0.25, -0.2) is 4.39 Å².